The second-order valence-corrected chi connectivity index (χ2v) is 9.92. The van der Waals surface area contributed by atoms with Crippen molar-refractivity contribution in [2.75, 3.05) is 11.0 Å². The van der Waals surface area contributed by atoms with E-state index in [1.54, 1.807) is 36.4 Å². The molecule has 1 atom stereocenters. The van der Waals surface area contributed by atoms with E-state index in [0.29, 0.717) is 28.9 Å². The first kappa shape index (κ1) is 21.0. The molecule has 3 rings (SSSR count). The molecule has 1 amide bonds. The summed E-state index contributed by atoms with van der Waals surface area (Å²) in [5.41, 5.74) is 1.74. The van der Waals surface area contributed by atoms with Crippen LogP contribution in [0.1, 0.15) is 44.4 Å². The first-order valence-electron chi connectivity index (χ1n) is 9.19. The van der Waals surface area contributed by atoms with E-state index in [-0.39, 0.29) is 11.7 Å². The molecule has 0 saturated carbocycles. The second kappa shape index (κ2) is 7.59. The van der Waals surface area contributed by atoms with Gasteiger partial charge in [0.2, 0.25) is 15.9 Å². The molecule has 2 aromatic rings. The Kier molecular flexibility index (Phi) is 5.49. The molecule has 154 valence electrons. The number of hydrogen-bond donors (Lipinski definition) is 1. The highest BCUT2D eigenvalue weighted by molar-refractivity contribution is 7.92. The molecule has 0 radical (unpaired) electrons. The summed E-state index contributed by atoms with van der Waals surface area (Å²) >= 11 is 0. The van der Waals surface area contributed by atoms with Crippen molar-refractivity contribution in [2.24, 2.45) is 10.5 Å². The normalized spacial score (nSPS) is 17.2. The summed E-state index contributed by atoms with van der Waals surface area (Å²) in [7, 11) is -3.42. The highest BCUT2D eigenvalue weighted by atomic mass is 32.2. The molecule has 6 nitrogen and oxygen atoms in total. The smallest absolute Gasteiger partial charge is 0.248 e. The molecular weight excluding hydrogens is 393 g/mol. The first-order valence-corrected chi connectivity index (χ1v) is 11.1. The Morgan fingerprint density at radius 2 is 1.86 bits per heavy atom. The summed E-state index contributed by atoms with van der Waals surface area (Å²) in [6, 6.07) is 12.6. The van der Waals surface area contributed by atoms with Gasteiger partial charge in [-0.15, -0.1) is 0 Å². The van der Waals surface area contributed by atoms with Gasteiger partial charge in [0.25, 0.3) is 0 Å². The van der Waals surface area contributed by atoms with Gasteiger partial charge in [-0.25, -0.2) is 17.8 Å². The maximum absolute atomic E-state index is 13.8. The molecule has 1 N–H and O–H groups in total. The van der Waals surface area contributed by atoms with Crippen molar-refractivity contribution >= 4 is 27.3 Å². The molecule has 1 aliphatic heterocycles. The SMILES string of the molecule is CC(C)(C)C(=O)N1N=C(c2cccc(NS(C)(=O)=O)c2)C[C@H]1c1cccc(F)c1. The lowest BCUT2D eigenvalue weighted by Gasteiger charge is -2.28. The summed E-state index contributed by atoms with van der Waals surface area (Å²) in [4.78, 5) is 13.0. The van der Waals surface area contributed by atoms with E-state index in [9.17, 15) is 17.6 Å². The second-order valence-electron chi connectivity index (χ2n) is 8.18. The largest absolute Gasteiger partial charge is 0.284 e. The Balaban J connectivity index is 2.00. The number of hydrazone groups is 1. The molecule has 0 spiro atoms. The van der Waals surface area contributed by atoms with Gasteiger partial charge in [-0.3, -0.25) is 9.52 Å². The number of rotatable bonds is 4. The van der Waals surface area contributed by atoms with Crippen molar-refractivity contribution in [3.05, 3.63) is 65.5 Å². The van der Waals surface area contributed by atoms with Crippen molar-refractivity contribution in [2.45, 2.75) is 33.2 Å². The minimum absolute atomic E-state index is 0.174. The highest BCUT2D eigenvalue weighted by Gasteiger charge is 2.38. The van der Waals surface area contributed by atoms with E-state index >= 15 is 0 Å². The topological polar surface area (TPSA) is 78.8 Å². The maximum Gasteiger partial charge on any atom is 0.248 e. The minimum atomic E-state index is -3.42. The zero-order valence-electron chi connectivity index (χ0n) is 16.8. The summed E-state index contributed by atoms with van der Waals surface area (Å²) in [5, 5.41) is 5.97. The predicted octanol–water partition coefficient (Wildman–Crippen LogP) is 3.92. The number of nitrogens with one attached hydrogen (secondary N) is 1. The van der Waals surface area contributed by atoms with Gasteiger partial charge in [0.1, 0.15) is 5.82 Å². The monoisotopic (exact) mass is 417 g/mol. The average molecular weight is 418 g/mol. The van der Waals surface area contributed by atoms with Gasteiger partial charge in [0, 0.05) is 17.5 Å². The van der Waals surface area contributed by atoms with E-state index < -0.39 is 21.5 Å². The Bertz CT molecular complexity index is 1070. The van der Waals surface area contributed by atoms with E-state index in [0.717, 1.165) is 6.26 Å². The van der Waals surface area contributed by atoms with Crippen LogP contribution in [-0.4, -0.2) is 31.3 Å². The van der Waals surface area contributed by atoms with Crippen LogP contribution in [0.2, 0.25) is 0 Å². The van der Waals surface area contributed by atoms with Crippen LogP contribution >= 0.6 is 0 Å². The van der Waals surface area contributed by atoms with Crippen molar-refractivity contribution in [1.29, 1.82) is 0 Å². The fourth-order valence-electron chi connectivity index (χ4n) is 3.17. The number of carbonyl (C=O) groups is 1. The lowest BCUT2D eigenvalue weighted by atomic mass is 9.93. The van der Waals surface area contributed by atoms with Crippen molar-refractivity contribution in [3.63, 3.8) is 0 Å². The highest BCUT2D eigenvalue weighted by Crippen LogP contribution is 2.36. The van der Waals surface area contributed by atoms with Crippen LogP contribution in [0.3, 0.4) is 0 Å². The molecule has 1 heterocycles. The van der Waals surface area contributed by atoms with Crippen LogP contribution in [-0.2, 0) is 14.8 Å². The molecule has 0 unspecified atom stereocenters. The summed E-state index contributed by atoms with van der Waals surface area (Å²) in [5.74, 6) is -0.550. The molecule has 1 aliphatic rings. The summed E-state index contributed by atoms with van der Waals surface area (Å²) in [6.07, 6.45) is 1.48. The van der Waals surface area contributed by atoms with Crippen LogP contribution in [0, 0.1) is 11.2 Å². The van der Waals surface area contributed by atoms with Crippen molar-refractivity contribution < 1.29 is 17.6 Å². The maximum atomic E-state index is 13.8. The number of amides is 1. The van der Waals surface area contributed by atoms with Gasteiger partial charge in [0.05, 0.1) is 18.0 Å². The minimum Gasteiger partial charge on any atom is -0.284 e. The third-order valence-corrected chi connectivity index (χ3v) is 5.10. The molecular formula is C21H24FN3O3S. The van der Waals surface area contributed by atoms with Crippen LogP contribution < -0.4 is 4.72 Å². The Labute approximate surface area is 170 Å². The third kappa shape index (κ3) is 5.00. The van der Waals surface area contributed by atoms with Crippen LogP contribution in [0.4, 0.5) is 10.1 Å². The Hall–Kier alpha value is -2.74. The van der Waals surface area contributed by atoms with E-state index in [2.05, 4.69) is 9.82 Å². The molecule has 0 fully saturated rings. The lowest BCUT2D eigenvalue weighted by molar-refractivity contribution is -0.141. The van der Waals surface area contributed by atoms with Crippen LogP contribution in [0.25, 0.3) is 0 Å². The Morgan fingerprint density at radius 1 is 1.17 bits per heavy atom. The molecule has 29 heavy (non-hydrogen) atoms. The van der Waals surface area contributed by atoms with E-state index in [1.165, 1.54) is 17.1 Å². The zero-order chi connectivity index (χ0) is 21.4. The molecule has 0 aromatic heterocycles. The molecule has 0 saturated heterocycles. The quantitative estimate of drug-likeness (QED) is 0.819. The van der Waals surface area contributed by atoms with Crippen molar-refractivity contribution in [3.8, 4) is 0 Å². The number of carbonyl (C=O) groups excluding carboxylic acids is 1. The van der Waals surface area contributed by atoms with Crippen LogP contribution in [0.15, 0.2) is 53.6 Å². The van der Waals surface area contributed by atoms with Gasteiger partial charge in [-0.1, -0.05) is 45.0 Å². The van der Waals surface area contributed by atoms with E-state index in [1.807, 2.05) is 20.8 Å². The number of benzene rings is 2. The average Bonchev–Trinajstić information content (AvgIpc) is 3.04. The number of anilines is 1. The molecule has 8 heteroatoms. The van der Waals surface area contributed by atoms with Gasteiger partial charge in [-0.05, 0) is 35.4 Å². The first-order chi connectivity index (χ1) is 13.4. The molecule has 2 aromatic carbocycles. The Morgan fingerprint density at radius 3 is 2.48 bits per heavy atom. The molecule has 0 aliphatic carbocycles. The number of nitrogens with zero attached hydrogens (tertiary/aromatic N) is 2. The standard InChI is InChI=1S/C21H24FN3O3S/c1-21(2,3)20(26)25-19(15-8-5-9-16(22)11-15)13-18(23-25)14-7-6-10-17(12-14)24-29(4,27)28/h5-12,19,24H,13H2,1-4H3/t19-/m0/s1. The number of hydrogen-bond acceptors (Lipinski definition) is 4. The number of sulfonamides is 1. The van der Waals surface area contributed by atoms with Gasteiger partial charge < -0.3 is 0 Å². The van der Waals surface area contributed by atoms with Crippen LogP contribution in [0.5, 0.6) is 0 Å². The zero-order valence-corrected chi connectivity index (χ0v) is 17.6. The van der Waals surface area contributed by atoms with Gasteiger partial charge in [-0.2, -0.15) is 5.10 Å². The summed E-state index contributed by atoms with van der Waals surface area (Å²) in [6.45, 7) is 5.42. The predicted molar refractivity (Wildman–Crippen MR) is 112 cm³/mol. The van der Waals surface area contributed by atoms with Gasteiger partial charge in [0.15, 0.2) is 0 Å². The van der Waals surface area contributed by atoms with E-state index in [4.69, 9.17) is 0 Å². The fourth-order valence-corrected chi connectivity index (χ4v) is 3.72. The molecule has 0 bridgehead atoms. The number of halogens is 1. The fraction of sp³-hybridized carbons (Fsp3) is 0.333. The summed E-state index contributed by atoms with van der Waals surface area (Å²) < 4.78 is 39.3. The lowest BCUT2D eigenvalue weighted by Crippen LogP contribution is -2.36. The van der Waals surface area contributed by atoms with Gasteiger partial charge >= 0.3 is 0 Å². The van der Waals surface area contributed by atoms with Crippen molar-refractivity contribution in [1.82, 2.24) is 5.01 Å². The third-order valence-electron chi connectivity index (χ3n) is 4.49.